The predicted molar refractivity (Wildman–Crippen MR) is 86.1 cm³/mol. The van der Waals surface area contributed by atoms with Gasteiger partial charge in [-0.1, -0.05) is 18.2 Å². The van der Waals surface area contributed by atoms with Crippen LogP contribution in [0.3, 0.4) is 0 Å². The van der Waals surface area contributed by atoms with E-state index in [1.54, 1.807) is 43.5 Å². The van der Waals surface area contributed by atoms with Crippen molar-refractivity contribution in [3.63, 3.8) is 0 Å². The summed E-state index contributed by atoms with van der Waals surface area (Å²) in [6.45, 7) is 0. The number of carboxylic acids is 1. The van der Waals surface area contributed by atoms with Crippen LogP contribution in [0.25, 0.3) is 11.6 Å². The van der Waals surface area contributed by atoms with Gasteiger partial charge in [0.15, 0.2) is 0 Å². The molecule has 2 aromatic carbocycles. The van der Waals surface area contributed by atoms with Crippen molar-refractivity contribution in [2.75, 3.05) is 14.2 Å². The van der Waals surface area contributed by atoms with Crippen LogP contribution in [0, 0.1) is 5.82 Å². The maximum absolute atomic E-state index is 14.2. The van der Waals surface area contributed by atoms with Gasteiger partial charge in [-0.15, -0.1) is 0 Å². The normalized spacial score (nSPS) is 11.2. The van der Waals surface area contributed by atoms with E-state index in [1.165, 1.54) is 19.2 Å². The molecule has 0 heterocycles. The summed E-state index contributed by atoms with van der Waals surface area (Å²) in [5.41, 5.74) is 1.38. The molecule has 23 heavy (non-hydrogen) atoms. The molecule has 0 spiro atoms. The molecule has 0 amide bonds. The van der Waals surface area contributed by atoms with E-state index in [-0.39, 0.29) is 12.0 Å². The summed E-state index contributed by atoms with van der Waals surface area (Å²) in [6.07, 6.45) is 1.37. The van der Waals surface area contributed by atoms with Crippen molar-refractivity contribution >= 4 is 17.6 Å². The molecule has 0 saturated heterocycles. The summed E-state index contributed by atoms with van der Waals surface area (Å²) in [6, 6.07) is 11.4. The highest BCUT2D eigenvalue weighted by Crippen LogP contribution is 2.27. The molecule has 0 aliphatic heterocycles. The highest BCUT2D eigenvalue weighted by Gasteiger charge is 2.13. The number of ether oxygens (including phenoxy) is 2. The van der Waals surface area contributed by atoms with Crippen molar-refractivity contribution in [3.8, 4) is 11.5 Å². The van der Waals surface area contributed by atoms with E-state index in [0.29, 0.717) is 17.1 Å². The molecule has 4 nitrogen and oxygen atoms in total. The molecule has 5 heteroatoms. The zero-order valence-corrected chi connectivity index (χ0v) is 12.9. The summed E-state index contributed by atoms with van der Waals surface area (Å²) in [7, 11) is 3.01. The number of carbonyl (C=O) groups is 1. The van der Waals surface area contributed by atoms with Crippen molar-refractivity contribution in [3.05, 3.63) is 59.4 Å². The van der Waals surface area contributed by atoms with Crippen LogP contribution in [0.2, 0.25) is 0 Å². The van der Waals surface area contributed by atoms with Crippen molar-refractivity contribution in [2.24, 2.45) is 0 Å². The first-order chi connectivity index (χ1) is 11.0. The zero-order chi connectivity index (χ0) is 16.8. The lowest BCUT2D eigenvalue weighted by Crippen LogP contribution is -1.99. The number of aliphatic carboxylic acids is 1. The highest BCUT2D eigenvalue weighted by molar-refractivity contribution is 5.91. The van der Waals surface area contributed by atoms with E-state index in [4.69, 9.17) is 14.6 Å². The molecule has 0 aliphatic carbocycles. The number of rotatable bonds is 6. The topological polar surface area (TPSA) is 55.8 Å². The lowest BCUT2D eigenvalue weighted by Gasteiger charge is -2.09. The second kappa shape index (κ2) is 7.45. The second-order valence-electron chi connectivity index (χ2n) is 4.86. The number of halogens is 1. The molecule has 0 saturated carbocycles. The first-order valence-electron chi connectivity index (χ1n) is 6.94. The quantitative estimate of drug-likeness (QED) is 0.822. The van der Waals surface area contributed by atoms with E-state index < -0.39 is 11.8 Å². The number of carboxylic acid groups (broad SMARTS) is 1. The average Bonchev–Trinajstić information content (AvgIpc) is 2.54. The Morgan fingerprint density at radius 2 is 1.70 bits per heavy atom. The molecule has 120 valence electrons. The summed E-state index contributed by atoms with van der Waals surface area (Å²) in [5.74, 6) is -0.478. The number of benzene rings is 2. The third-order valence-corrected chi connectivity index (χ3v) is 3.32. The lowest BCUT2D eigenvalue weighted by atomic mass is 9.99. The Bertz CT molecular complexity index is 720. The lowest BCUT2D eigenvalue weighted by molar-refractivity contribution is -0.135. The van der Waals surface area contributed by atoms with Gasteiger partial charge in [-0.3, -0.25) is 4.79 Å². The standard InChI is InChI=1S/C18H17FO4/c1-22-14-5-3-12(4-6-14)9-13(10-18(20)21)16-8-7-15(23-2)11-17(16)19/h3-9,11H,10H2,1-2H3,(H,20,21). The third kappa shape index (κ3) is 4.32. The van der Waals surface area contributed by atoms with Gasteiger partial charge in [-0.05, 0) is 35.4 Å². The molecule has 0 fully saturated rings. The highest BCUT2D eigenvalue weighted by atomic mass is 19.1. The predicted octanol–water partition coefficient (Wildman–Crippen LogP) is 3.86. The maximum atomic E-state index is 14.2. The van der Waals surface area contributed by atoms with Crippen molar-refractivity contribution in [2.45, 2.75) is 6.42 Å². The fourth-order valence-electron chi connectivity index (χ4n) is 2.17. The Morgan fingerprint density at radius 3 is 2.22 bits per heavy atom. The minimum Gasteiger partial charge on any atom is -0.497 e. The summed E-state index contributed by atoms with van der Waals surface area (Å²) in [5, 5.41) is 9.09. The van der Waals surface area contributed by atoms with Crippen molar-refractivity contribution in [1.82, 2.24) is 0 Å². The summed E-state index contributed by atoms with van der Waals surface area (Å²) >= 11 is 0. The van der Waals surface area contributed by atoms with Gasteiger partial charge < -0.3 is 14.6 Å². The second-order valence-corrected chi connectivity index (χ2v) is 4.86. The molecule has 0 bridgehead atoms. The van der Waals surface area contributed by atoms with Gasteiger partial charge in [0.1, 0.15) is 17.3 Å². The Balaban J connectivity index is 2.43. The van der Waals surface area contributed by atoms with Crippen LogP contribution in [0.1, 0.15) is 17.5 Å². The number of hydrogen-bond donors (Lipinski definition) is 1. The van der Waals surface area contributed by atoms with Crippen LogP contribution in [-0.4, -0.2) is 25.3 Å². The Morgan fingerprint density at radius 1 is 1.09 bits per heavy atom. The largest absolute Gasteiger partial charge is 0.497 e. The molecule has 0 aromatic heterocycles. The van der Waals surface area contributed by atoms with Gasteiger partial charge in [-0.2, -0.15) is 0 Å². The van der Waals surface area contributed by atoms with Crippen LogP contribution in [0.5, 0.6) is 11.5 Å². The Labute approximate surface area is 133 Å². The molecule has 0 unspecified atom stereocenters. The summed E-state index contributed by atoms with van der Waals surface area (Å²) < 4.78 is 24.3. The molecule has 2 rings (SSSR count). The zero-order valence-electron chi connectivity index (χ0n) is 12.9. The number of methoxy groups -OCH3 is 2. The summed E-state index contributed by atoms with van der Waals surface area (Å²) in [4.78, 5) is 11.1. The van der Waals surface area contributed by atoms with Gasteiger partial charge in [-0.25, -0.2) is 4.39 Å². The van der Waals surface area contributed by atoms with Gasteiger partial charge >= 0.3 is 5.97 Å². The third-order valence-electron chi connectivity index (χ3n) is 3.32. The first kappa shape index (κ1) is 16.5. The van der Waals surface area contributed by atoms with Crippen LogP contribution in [-0.2, 0) is 4.79 Å². The molecular formula is C18H17FO4. The molecule has 0 aliphatic rings. The van der Waals surface area contributed by atoms with Crippen LogP contribution in [0.15, 0.2) is 42.5 Å². The minimum absolute atomic E-state index is 0.240. The van der Waals surface area contributed by atoms with E-state index in [0.717, 1.165) is 5.56 Å². The molecule has 2 aromatic rings. The van der Waals surface area contributed by atoms with Crippen LogP contribution >= 0.6 is 0 Å². The van der Waals surface area contributed by atoms with E-state index in [2.05, 4.69) is 0 Å². The van der Waals surface area contributed by atoms with E-state index in [1.807, 2.05) is 0 Å². The van der Waals surface area contributed by atoms with Crippen LogP contribution < -0.4 is 9.47 Å². The molecule has 1 N–H and O–H groups in total. The van der Waals surface area contributed by atoms with Gasteiger partial charge in [0, 0.05) is 11.6 Å². The first-order valence-corrected chi connectivity index (χ1v) is 6.94. The Hall–Kier alpha value is -2.82. The SMILES string of the molecule is COc1ccc(C=C(CC(=O)O)c2ccc(OC)cc2F)cc1. The van der Waals surface area contributed by atoms with E-state index >= 15 is 0 Å². The van der Waals surface area contributed by atoms with Crippen molar-refractivity contribution < 1.29 is 23.8 Å². The monoisotopic (exact) mass is 316 g/mol. The average molecular weight is 316 g/mol. The fourth-order valence-corrected chi connectivity index (χ4v) is 2.17. The van der Waals surface area contributed by atoms with Gasteiger partial charge in [0.25, 0.3) is 0 Å². The minimum atomic E-state index is -1.03. The maximum Gasteiger partial charge on any atom is 0.307 e. The fraction of sp³-hybridized carbons (Fsp3) is 0.167. The van der Waals surface area contributed by atoms with Crippen LogP contribution in [0.4, 0.5) is 4.39 Å². The Kier molecular flexibility index (Phi) is 5.36. The van der Waals surface area contributed by atoms with Gasteiger partial charge in [0.05, 0.1) is 20.6 Å². The van der Waals surface area contributed by atoms with Gasteiger partial charge in [0.2, 0.25) is 0 Å². The molecular weight excluding hydrogens is 299 g/mol. The van der Waals surface area contributed by atoms with Crippen molar-refractivity contribution in [1.29, 1.82) is 0 Å². The molecule has 0 atom stereocenters. The van der Waals surface area contributed by atoms with E-state index in [9.17, 15) is 9.18 Å². The number of hydrogen-bond acceptors (Lipinski definition) is 3. The molecule has 0 radical (unpaired) electrons. The smallest absolute Gasteiger partial charge is 0.307 e.